The lowest BCUT2D eigenvalue weighted by atomic mass is 10.2. The van der Waals surface area contributed by atoms with Gasteiger partial charge in [-0.15, -0.1) is 0 Å². The molecule has 0 aliphatic carbocycles. The molecule has 0 amide bonds. The van der Waals surface area contributed by atoms with Crippen molar-refractivity contribution in [2.24, 2.45) is 0 Å². The number of aliphatic hydroxyl groups is 1. The summed E-state index contributed by atoms with van der Waals surface area (Å²) in [5.41, 5.74) is 1.05. The molecule has 2 heteroatoms. The van der Waals surface area contributed by atoms with E-state index in [0.29, 0.717) is 6.61 Å². The molecule has 0 saturated carbocycles. The summed E-state index contributed by atoms with van der Waals surface area (Å²) in [5.74, 6) is 0. The Balaban J connectivity index is 0.000000336. The third-order valence-electron chi connectivity index (χ3n) is 1.68. The maximum atomic E-state index is 9.89. The second kappa shape index (κ2) is 10.7. The van der Waals surface area contributed by atoms with Crippen LogP contribution in [0.25, 0.3) is 6.08 Å². The van der Waals surface area contributed by atoms with E-state index in [9.17, 15) is 4.79 Å². The van der Waals surface area contributed by atoms with Gasteiger partial charge >= 0.3 is 0 Å². The molecule has 0 aliphatic heterocycles. The van der Waals surface area contributed by atoms with Gasteiger partial charge in [0.1, 0.15) is 6.29 Å². The lowest BCUT2D eigenvalue weighted by molar-refractivity contribution is -0.104. The maximum Gasteiger partial charge on any atom is 0.142 e. The van der Waals surface area contributed by atoms with E-state index in [4.69, 9.17) is 5.11 Å². The van der Waals surface area contributed by atoms with Crippen LogP contribution in [0.3, 0.4) is 0 Å². The highest BCUT2D eigenvalue weighted by Crippen LogP contribution is 1.99. The first-order chi connectivity index (χ1) is 7.35. The molecule has 2 nitrogen and oxygen atoms in total. The number of carbonyl (C=O) groups is 1. The quantitative estimate of drug-likeness (QED) is 0.607. The molecule has 0 heterocycles. The largest absolute Gasteiger partial charge is 0.396 e. The zero-order valence-electron chi connectivity index (χ0n) is 9.10. The summed E-state index contributed by atoms with van der Waals surface area (Å²) in [6.45, 7) is 2.40. The number of hydrogen-bond acceptors (Lipinski definition) is 2. The van der Waals surface area contributed by atoms with Crippen molar-refractivity contribution in [1.82, 2.24) is 0 Å². The summed E-state index contributed by atoms with van der Waals surface area (Å²) in [7, 11) is 0. The lowest BCUT2D eigenvalue weighted by Crippen LogP contribution is -1.75. The van der Waals surface area contributed by atoms with Gasteiger partial charge in [-0.2, -0.15) is 0 Å². The third kappa shape index (κ3) is 8.91. The van der Waals surface area contributed by atoms with Crippen molar-refractivity contribution in [3.63, 3.8) is 0 Å². The van der Waals surface area contributed by atoms with Gasteiger partial charge in [-0.25, -0.2) is 0 Å². The van der Waals surface area contributed by atoms with Gasteiger partial charge in [0.2, 0.25) is 0 Å². The van der Waals surface area contributed by atoms with Crippen LogP contribution in [0, 0.1) is 0 Å². The average Bonchev–Trinajstić information content (AvgIpc) is 2.30. The smallest absolute Gasteiger partial charge is 0.142 e. The van der Waals surface area contributed by atoms with Crippen LogP contribution in [-0.2, 0) is 4.79 Å². The van der Waals surface area contributed by atoms with Crippen molar-refractivity contribution in [1.29, 1.82) is 0 Å². The van der Waals surface area contributed by atoms with Crippen molar-refractivity contribution in [3.8, 4) is 0 Å². The average molecular weight is 206 g/mol. The number of aldehydes is 1. The molecule has 1 rings (SSSR count). The van der Waals surface area contributed by atoms with E-state index >= 15 is 0 Å². The minimum absolute atomic E-state index is 0.344. The van der Waals surface area contributed by atoms with E-state index in [1.165, 1.54) is 6.08 Å². The molecule has 82 valence electrons. The van der Waals surface area contributed by atoms with E-state index in [1.807, 2.05) is 30.3 Å². The first-order valence-electron chi connectivity index (χ1n) is 5.13. The maximum absolute atomic E-state index is 9.89. The van der Waals surface area contributed by atoms with Gasteiger partial charge in [-0.1, -0.05) is 49.8 Å². The molecule has 0 fully saturated rings. The zero-order valence-corrected chi connectivity index (χ0v) is 9.10. The molecule has 0 aliphatic rings. The van der Waals surface area contributed by atoms with Gasteiger partial charge in [0, 0.05) is 6.61 Å². The second-order valence-electron chi connectivity index (χ2n) is 2.98. The van der Waals surface area contributed by atoms with Crippen molar-refractivity contribution in [2.75, 3.05) is 6.61 Å². The second-order valence-corrected chi connectivity index (χ2v) is 2.98. The Morgan fingerprint density at radius 3 is 2.33 bits per heavy atom. The van der Waals surface area contributed by atoms with Gasteiger partial charge in [0.25, 0.3) is 0 Å². The molecule has 1 aromatic rings. The zero-order chi connectivity index (χ0) is 11.4. The fourth-order valence-corrected chi connectivity index (χ4v) is 0.873. The number of allylic oxidation sites excluding steroid dienone is 1. The summed E-state index contributed by atoms with van der Waals surface area (Å²) in [6.07, 6.45) is 6.06. The molecule has 0 saturated heterocycles. The molecular weight excluding hydrogens is 188 g/mol. The molecule has 1 aromatic carbocycles. The van der Waals surface area contributed by atoms with Gasteiger partial charge in [0.15, 0.2) is 0 Å². The van der Waals surface area contributed by atoms with Crippen LogP contribution in [0.15, 0.2) is 36.4 Å². The van der Waals surface area contributed by atoms with Crippen LogP contribution in [0.1, 0.15) is 25.3 Å². The highest BCUT2D eigenvalue weighted by atomic mass is 16.2. The molecule has 0 spiro atoms. The van der Waals surface area contributed by atoms with Crippen LogP contribution in [0.5, 0.6) is 0 Å². The minimum Gasteiger partial charge on any atom is -0.396 e. The van der Waals surface area contributed by atoms with Crippen LogP contribution >= 0.6 is 0 Å². The molecular formula is C13H18O2. The number of carbonyl (C=O) groups excluding carboxylic acids is 1. The van der Waals surface area contributed by atoms with Crippen LogP contribution in [-0.4, -0.2) is 18.0 Å². The van der Waals surface area contributed by atoms with Crippen molar-refractivity contribution in [2.45, 2.75) is 19.8 Å². The minimum atomic E-state index is 0.344. The highest BCUT2D eigenvalue weighted by Gasteiger charge is 1.79. The van der Waals surface area contributed by atoms with Gasteiger partial charge in [0.05, 0.1) is 0 Å². The summed E-state index contributed by atoms with van der Waals surface area (Å²) in [5, 5.41) is 8.07. The Hall–Kier alpha value is -1.41. The predicted molar refractivity (Wildman–Crippen MR) is 63.5 cm³/mol. The number of aliphatic hydroxyl groups excluding tert-OH is 1. The normalized spacial score (nSPS) is 9.47. The Kier molecular flexibility index (Phi) is 9.67. The van der Waals surface area contributed by atoms with E-state index < -0.39 is 0 Å². The Morgan fingerprint density at radius 2 is 1.93 bits per heavy atom. The van der Waals surface area contributed by atoms with Crippen molar-refractivity contribution < 1.29 is 9.90 Å². The molecule has 0 atom stereocenters. The molecule has 0 radical (unpaired) electrons. The SMILES string of the molecule is CCCCO.O=C/C=C/c1ccccc1. The van der Waals surface area contributed by atoms with Gasteiger partial charge in [-0.3, -0.25) is 4.79 Å². The number of hydrogen-bond donors (Lipinski definition) is 1. The Morgan fingerprint density at radius 1 is 1.27 bits per heavy atom. The third-order valence-corrected chi connectivity index (χ3v) is 1.68. The van der Waals surface area contributed by atoms with E-state index in [0.717, 1.165) is 24.7 Å². The standard InChI is InChI=1S/C9H8O.C4H10O/c10-8-4-7-9-5-2-1-3-6-9;1-2-3-4-5/h1-8H;5H,2-4H2,1H3/b7-4+;. The topological polar surface area (TPSA) is 37.3 Å². The number of rotatable bonds is 4. The van der Waals surface area contributed by atoms with Crippen LogP contribution in [0.2, 0.25) is 0 Å². The molecule has 0 aromatic heterocycles. The van der Waals surface area contributed by atoms with Crippen LogP contribution < -0.4 is 0 Å². The summed E-state index contributed by atoms with van der Waals surface area (Å²) < 4.78 is 0. The highest BCUT2D eigenvalue weighted by molar-refractivity contribution is 5.73. The van der Waals surface area contributed by atoms with E-state index in [1.54, 1.807) is 6.08 Å². The molecule has 0 unspecified atom stereocenters. The van der Waals surface area contributed by atoms with E-state index in [-0.39, 0.29) is 0 Å². The Bertz CT molecular complexity index is 263. The monoisotopic (exact) mass is 206 g/mol. The first-order valence-corrected chi connectivity index (χ1v) is 5.13. The van der Waals surface area contributed by atoms with Crippen LogP contribution in [0.4, 0.5) is 0 Å². The van der Waals surface area contributed by atoms with Gasteiger partial charge in [-0.05, 0) is 18.1 Å². The van der Waals surface area contributed by atoms with E-state index in [2.05, 4.69) is 6.92 Å². The van der Waals surface area contributed by atoms with Crippen molar-refractivity contribution >= 4 is 12.4 Å². The summed E-state index contributed by atoms with van der Waals surface area (Å²) in [6, 6.07) is 9.70. The molecule has 1 N–H and O–H groups in total. The lowest BCUT2D eigenvalue weighted by Gasteiger charge is -1.86. The molecule has 0 bridgehead atoms. The van der Waals surface area contributed by atoms with Gasteiger partial charge < -0.3 is 5.11 Å². The van der Waals surface area contributed by atoms with Crippen molar-refractivity contribution in [3.05, 3.63) is 42.0 Å². The summed E-state index contributed by atoms with van der Waals surface area (Å²) >= 11 is 0. The molecule has 15 heavy (non-hydrogen) atoms. The Labute approximate surface area is 91.3 Å². The fraction of sp³-hybridized carbons (Fsp3) is 0.308. The number of unbranched alkanes of at least 4 members (excludes halogenated alkanes) is 1. The first kappa shape index (κ1) is 13.6. The number of benzene rings is 1. The summed E-state index contributed by atoms with van der Waals surface area (Å²) in [4.78, 5) is 9.89. The predicted octanol–water partition coefficient (Wildman–Crippen LogP) is 2.68. The fourth-order valence-electron chi connectivity index (χ4n) is 0.873.